The van der Waals surface area contributed by atoms with E-state index in [2.05, 4.69) is 27.8 Å². The molecule has 0 saturated heterocycles. The smallest absolute Gasteiger partial charge is 0.268 e. The predicted molar refractivity (Wildman–Crippen MR) is 136 cm³/mol. The van der Waals surface area contributed by atoms with Gasteiger partial charge in [-0.05, 0) is 66.9 Å². The summed E-state index contributed by atoms with van der Waals surface area (Å²) >= 11 is 1.64. The summed E-state index contributed by atoms with van der Waals surface area (Å²) in [5.41, 5.74) is 3.77. The molecule has 6 N–H and O–H groups in total. The molecule has 36 heavy (non-hydrogen) atoms. The number of thiophene rings is 1. The van der Waals surface area contributed by atoms with E-state index in [0.717, 1.165) is 5.56 Å². The van der Waals surface area contributed by atoms with Crippen molar-refractivity contribution in [3.05, 3.63) is 87.6 Å². The van der Waals surface area contributed by atoms with Crippen molar-refractivity contribution in [3.8, 4) is 11.8 Å². The van der Waals surface area contributed by atoms with E-state index < -0.39 is 24.0 Å². The zero-order chi connectivity index (χ0) is 25.9. The first kappa shape index (κ1) is 26.6. The molecule has 0 saturated carbocycles. The van der Waals surface area contributed by atoms with E-state index in [0.29, 0.717) is 17.8 Å². The second-order valence-corrected chi connectivity index (χ2v) is 8.84. The monoisotopic (exact) mass is 506 g/mol. The number of benzene rings is 2. The highest BCUT2D eigenvalue weighted by Gasteiger charge is 2.25. The molecule has 0 aliphatic rings. The third-order valence-corrected chi connectivity index (χ3v) is 5.87. The average molecular weight is 507 g/mol. The van der Waals surface area contributed by atoms with Gasteiger partial charge in [0, 0.05) is 33.8 Å². The number of anilines is 1. The lowest BCUT2D eigenvalue weighted by Gasteiger charge is -2.19. The molecule has 9 nitrogen and oxygen atoms in total. The lowest BCUT2D eigenvalue weighted by molar-refractivity contribution is -0.133. The van der Waals surface area contributed by atoms with Crippen molar-refractivity contribution in [1.29, 1.82) is 0 Å². The molecule has 1 heterocycles. The molecule has 0 fully saturated rings. The predicted octanol–water partition coefficient (Wildman–Crippen LogP) is 1.86. The molecule has 0 spiro atoms. The van der Waals surface area contributed by atoms with Crippen molar-refractivity contribution < 1.29 is 24.7 Å². The molecule has 0 bridgehead atoms. The van der Waals surface area contributed by atoms with Crippen LogP contribution in [0.15, 0.2) is 66.0 Å². The van der Waals surface area contributed by atoms with Crippen LogP contribution in [0.3, 0.4) is 0 Å². The summed E-state index contributed by atoms with van der Waals surface area (Å²) < 4.78 is 0. The summed E-state index contributed by atoms with van der Waals surface area (Å²) in [6.07, 6.45) is -1.20. The summed E-state index contributed by atoms with van der Waals surface area (Å²) in [6.45, 7) is 2.18. The second-order valence-electron chi connectivity index (χ2n) is 7.80. The number of nitrogens with one attached hydrogen (secondary N) is 4. The third-order valence-electron chi connectivity index (χ3n) is 4.99. The van der Waals surface area contributed by atoms with Crippen LogP contribution in [0.5, 0.6) is 0 Å². The number of carbonyl (C=O) groups is 3. The molecule has 1 aromatic heterocycles. The van der Waals surface area contributed by atoms with Crippen molar-refractivity contribution in [1.82, 2.24) is 16.1 Å². The molecule has 186 valence electrons. The summed E-state index contributed by atoms with van der Waals surface area (Å²) in [5.74, 6) is 4.39. The highest BCUT2D eigenvalue weighted by Crippen LogP contribution is 2.10. The van der Waals surface area contributed by atoms with Gasteiger partial charge in [-0.2, -0.15) is 0 Å². The van der Waals surface area contributed by atoms with Crippen LogP contribution in [0.1, 0.15) is 33.3 Å². The largest absolute Gasteiger partial charge is 0.391 e. The SMILES string of the molecule is C[C@@H](O)[C@H](NC(=O)c1ccc(C#Cc2ccc(NC(=O)CNCc3cccs3)cc2)cc1)C(=O)NO. The number of rotatable bonds is 9. The van der Waals surface area contributed by atoms with Crippen LogP contribution >= 0.6 is 11.3 Å². The van der Waals surface area contributed by atoms with Crippen LogP contribution in [0.4, 0.5) is 5.69 Å². The van der Waals surface area contributed by atoms with Gasteiger partial charge in [-0.25, -0.2) is 5.48 Å². The molecular formula is C26H26N4O5S. The van der Waals surface area contributed by atoms with E-state index in [1.54, 1.807) is 59.9 Å². The molecule has 0 radical (unpaired) electrons. The Hall–Kier alpha value is -4.01. The topological polar surface area (TPSA) is 140 Å². The minimum Gasteiger partial charge on any atom is -0.391 e. The Morgan fingerprint density at radius 3 is 2.17 bits per heavy atom. The Balaban J connectivity index is 1.51. The molecule has 0 aliphatic carbocycles. The van der Waals surface area contributed by atoms with Gasteiger partial charge in [0.15, 0.2) is 0 Å². The molecule has 3 rings (SSSR count). The molecule has 3 amide bonds. The zero-order valence-electron chi connectivity index (χ0n) is 19.4. The van der Waals surface area contributed by atoms with Gasteiger partial charge in [-0.3, -0.25) is 19.6 Å². The first-order valence-corrected chi connectivity index (χ1v) is 11.9. The molecular weight excluding hydrogens is 480 g/mol. The van der Waals surface area contributed by atoms with Crippen molar-refractivity contribution in [2.45, 2.75) is 25.6 Å². The zero-order valence-corrected chi connectivity index (χ0v) is 20.3. The van der Waals surface area contributed by atoms with Gasteiger partial charge in [0.25, 0.3) is 11.8 Å². The van der Waals surface area contributed by atoms with E-state index in [4.69, 9.17) is 5.21 Å². The van der Waals surface area contributed by atoms with Crippen LogP contribution in [-0.2, 0) is 16.1 Å². The fourth-order valence-electron chi connectivity index (χ4n) is 3.10. The summed E-state index contributed by atoms with van der Waals surface area (Å²) in [5, 5.41) is 28.7. The van der Waals surface area contributed by atoms with E-state index in [9.17, 15) is 19.5 Å². The van der Waals surface area contributed by atoms with Crippen molar-refractivity contribution >= 4 is 34.7 Å². The van der Waals surface area contributed by atoms with E-state index in [1.165, 1.54) is 17.3 Å². The summed E-state index contributed by atoms with van der Waals surface area (Å²) in [6, 6.07) is 16.2. The maximum atomic E-state index is 12.3. The van der Waals surface area contributed by atoms with Gasteiger partial charge in [-0.15, -0.1) is 11.3 Å². The van der Waals surface area contributed by atoms with Crippen LogP contribution in [-0.4, -0.2) is 46.7 Å². The van der Waals surface area contributed by atoms with Crippen LogP contribution < -0.4 is 21.4 Å². The molecule has 2 aromatic carbocycles. The Labute approximate surface area is 212 Å². The second kappa shape index (κ2) is 13.2. The van der Waals surface area contributed by atoms with E-state index >= 15 is 0 Å². The number of hydroxylamine groups is 1. The van der Waals surface area contributed by atoms with Crippen LogP contribution in [0.2, 0.25) is 0 Å². The minimum absolute atomic E-state index is 0.133. The number of aliphatic hydroxyl groups is 1. The van der Waals surface area contributed by atoms with Gasteiger partial charge in [0.2, 0.25) is 5.91 Å². The number of hydrogen-bond acceptors (Lipinski definition) is 7. The standard InChI is InChI=1S/C26H26N4O5S/c1-17(31)24(26(34)30-35)29-25(33)20-10-6-18(7-11-20)4-5-19-8-12-21(13-9-19)28-23(32)16-27-15-22-3-2-14-36-22/h2-3,6-14,17,24,27,31,35H,15-16H2,1H3,(H,28,32)(H,29,33)(H,30,34)/t17-,24+/m1/s1. The Morgan fingerprint density at radius 2 is 1.61 bits per heavy atom. The number of hydrogen-bond donors (Lipinski definition) is 6. The fourth-order valence-corrected chi connectivity index (χ4v) is 3.78. The molecule has 3 aromatic rings. The van der Waals surface area contributed by atoms with E-state index in [-0.39, 0.29) is 18.0 Å². The Kier molecular flexibility index (Phi) is 9.73. The lowest BCUT2D eigenvalue weighted by Crippen LogP contribution is -2.51. The maximum Gasteiger partial charge on any atom is 0.268 e. The average Bonchev–Trinajstić information content (AvgIpc) is 3.40. The molecule has 10 heteroatoms. The van der Waals surface area contributed by atoms with Gasteiger partial charge >= 0.3 is 0 Å². The van der Waals surface area contributed by atoms with E-state index in [1.807, 2.05) is 17.5 Å². The van der Waals surface area contributed by atoms with Crippen molar-refractivity contribution in [2.75, 3.05) is 11.9 Å². The maximum absolute atomic E-state index is 12.3. The minimum atomic E-state index is -1.29. The van der Waals surface area contributed by atoms with Gasteiger partial charge in [0.05, 0.1) is 12.6 Å². The molecule has 2 atom stereocenters. The van der Waals surface area contributed by atoms with Crippen LogP contribution in [0.25, 0.3) is 0 Å². The summed E-state index contributed by atoms with van der Waals surface area (Å²) in [4.78, 5) is 37.2. The number of amides is 3. The normalized spacial score (nSPS) is 12.0. The highest BCUT2D eigenvalue weighted by atomic mass is 32.1. The Bertz CT molecular complexity index is 1230. The Morgan fingerprint density at radius 1 is 0.972 bits per heavy atom. The first-order chi connectivity index (χ1) is 17.4. The van der Waals surface area contributed by atoms with Crippen LogP contribution in [0, 0.1) is 11.8 Å². The lowest BCUT2D eigenvalue weighted by atomic mass is 10.1. The highest BCUT2D eigenvalue weighted by molar-refractivity contribution is 7.09. The summed E-state index contributed by atoms with van der Waals surface area (Å²) in [7, 11) is 0. The van der Waals surface area contributed by atoms with Crippen molar-refractivity contribution in [2.24, 2.45) is 0 Å². The molecule has 0 unspecified atom stereocenters. The number of aliphatic hydroxyl groups excluding tert-OH is 1. The molecule has 0 aliphatic heterocycles. The third kappa shape index (κ3) is 8.04. The first-order valence-electron chi connectivity index (χ1n) is 11.0. The quantitative estimate of drug-likeness (QED) is 0.149. The fraction of sp³-hybridized carbons (Fsp3) is 0.192. The van der Waals surface area contributed by atoms with Gasteiger partial charge in [0.1, 0.15) is 6.04 Å². The van der Waals surface area contributed by atoms with Crippen molar-refractivity contribution in [3.63, 3.8) is 0 Å². The van der Waals surface area contributed by atoms with Gasteiger partial charge in [-0.1, -0.05) is 17.9 Å². The van der Waals surface area contributed by atoms with Gasteiger partial charge < -0.3 is 21.1 Å². The number of carbonyl (C=O) groups excluding carboxylic acids is 3.